The molecule has 172 valence electrons. The Bertz CT molecular complexity index is 1150. The molecule has 33 heavy (non-hydrogen) atoms. The number of hydrogen-bond acceptors (Lipinski definition) is 4. The molecule has 0 saturated carbocycles. The van der Waals surface area contributed by atoms with Crippen LogP contribution in [0.15, 0.2) is 48.5 Å². The number of rotatable bonds is 4. The highest BCUT2D eigenvalue weighted by molar-refractivity contribution is 6.42. The molecule has 3 aromatic rings. The van der Waals surface area contributed by atoms with Gasteiger partial charge in [-0.2, -0.15) is 0 Å². The van der Waals surface area contributed by atoms with Gasteiger partial charge in [-0.15, -0.1) is 0 Å². The largest absolute Gasteiger partial charge is 0.353 e. The molecule has 0 bridgehead atoms. The van der Waals surface area contributed by atoms with Crippen LogP contribution in [0.4, 0.5) is 16.3 Å². The average Bonchev–Trinajstić information content (AvgIpc) is 2.81. The van der Waals surface area contributed by atoms with Gasteiger partial charge >= 0.3 is 6.03 Å². The van der Waals surface area contributed by atoms with Crippen molar-refractivity contribution >= 4 is 40.7 Å². The molecule has 1 aliphatic heterocycles. The first-order valence-electron chi connectivity index (χ1n) is 11.0. The van der Waals surface area contributed by atoms with Crippen molar-refractivity contribution in [1.29, 1.82) is 0 Å². The number of nitrogens with one attached hydrogen (secondary N) is 1. The maximum atomic E-state index is 12.8. The summed E-state index contributed by atoms with van der Waals surface area (Å²) in [6, 6.07) is 15.0. The third-order valence-corrected chi connectivity index (χ3v) is 6.50. The number of carbonyl (C=O) groups excluding carboxylic acids is 1. The number of urea groups is 1. The van der Waals surface area contributed by atoms with E-state index < -0.39 is 0 Å². The second-order valence-electron chi connectivity index (χ2n) is 8.42. The Morgan fingerprint density at radius 1 is 0.970 bits per heavy atom. The van der Waals surface area contributed by atoms with Gasteiger partial charge in [0.05, 0.1) is 10.0 Å². The predicted molar refractivity (Wildman–Crippen MR) is 136 cm³/mol. The van der Waals surface area contributed by atoms with E-state index in [0.29, 0.717) is 47.8 Å². The second-order valence-corrected chi connectivity index (χ2v) is 9.24. The zero-order valence-electron chi connectivity index (χ0n) is 19.0. The van der Waals surface area contributed by atoms with E-state index in [-0.39, 0.29) is 6.03 Å². The zero-order valence-corrected chi connectivity index (χ0v) is 20.5. The smallest absolute Gasteiger partial charge is 0.321 e. The van der Waals surface area contributed by atoms with Crippen LogP contribution in [0.25, 0.3) is 11.4 Å². The van der Waals surface area contributed by atoms with Gasteiger partial charge < -0.3 is 15.1 Å². The highest BCUT2D eigenvalue weighted by Gasteiger charge is 2.26. The minimum atomic E-state index is -0.152. The van der Waals surface area contributed by atoms with Crippen LogP contribution in [0.3, 0.4) is 0 Å². The lowest BCUT2D eigenvalue weighted by Crippen LogP contribution is -2.50. The van der Waals surface area contributed by atoms with E-state index in [0.717, 1.165) is 28.5 Å². The summed E-state index contributed by atoms with van der Waals surface area (Å²) >= 11 is 12.0. The topological polar surface area (TPSA) is 61.4 Å². The highest BCUT2D eigenvalue weighted by Crippen LogP contribution is 2.31. The van der Waals surface area contributed by atoms with Gasteiger partial charge in [0.2, 0.25) is 0 Å². The lowest BCUT2D eigenvalue weighted by atomic mass is 10.0. The number of anilines is 2. The van der Waals surface area contributed by atoms with Gasteiger partial charge in [-0.1, -0.05) is 67.4 Å². The predicted octanol–water partition coefficient (Wildman–Crippen LogP) is 6.24. The summed E-state index contributed by atoms with van der Waals surface area (Å²) in [6.45, 7) is 8.95. The summed E-state index contributed by atoms with van der Waals surface area (Å²) < 4.78 is 0. The Balaban J connectivity index is 1.51. The van der Waals surface area contributed by atoms with Crippen LogP contribution in [-0.2, 0) is 0 Å². The van der Waals surface area contributed by atoms with Gasteiger partial charge in [-0.05, 0) is 31.0 Å². The van der Waals surface area contributed by atoms with Crippen molar-refractivity contribution < 1.29 is 4.79 Å². The van der Waals surface area contributed by atoms with E-state index in [1.807, 2.05) is 37.3 Å². The SMILES string of the molecule is Cc1nc(-c2ccccc2)nc(N2CCN(C(=O)Nc3ccc(Cl)c(Cl)c3)CC2)c1C(C)C. The number of aryl methyl sites for hydroxylation is 1. The molecular formula is C25H27Cl2N5O. The van der Waals surface area contributed by atoms with Gasteiger partial charge in [-0.25, -0.2) is 14.8 Å². The summed E-state index contributed by atoms with van der Waals surface area (Å²) in [6.07, 6.45) is 0. The van der Waals surface area contributed by atoms with E-state index in [2.05, 4.69) is 24.1 Å². The standard InChI is InChI=1S/C25H27Cl2N5O/c1-16(2)22-17(3)28-23(18-7-5-4-6-8-18)30-24(22)31-11-13-32(14-12-31)25(33)29-19-9-10-20(26)21(27)15-19/h4-10,15-16H,11-14H2,1-3H3,(H,29,33). The Labute approximate surface area is 204 Å². The molecular weight excluding hydrogens is 457 g/mol. The van der Waals surface area contributed by atoms with E-state index in [1.165, 1.54) is 0 Å². The molecule has 6 nitrogen and oxygen atoms in total. The summed E-state index contributed by atoms with van der Waals surface area (Å²) in [7, 11) is 0. The second kappa shape index (κ2) is 9.98. The van der Waals surface area contributed by atoms with Gasteiger partial charge in [0, 0.05) is 48.7 Å². The normalized spacial score (nSPS) is 14.0. The molecule has 0 spiro atoms. The van der Waals surface area contributed by atoms with E-state index in [4.69, 9.17) is 33.2 Å². The van der Waals surface area contributed by atoms with Gasteiger partial charge in [0.15, 0.2) is 5.82 Å². The van der Waals surface area contributed by atoms with E-state index in [1.54, 1.807) is 23.1 Å². The van der Waals surface area contributed by atoms with Crippen LogP contribution in [-0.4, -0.2) is 47.1 Å². The lowest BCUT2D eigenvalue weighted by molar-refractivity contribution is 0.208. The molecule has 1 aliphatic rings. The fourth-order valence-electron chi connectivity index (χ4n) is 4.10. The van der Waals surface area contributed by atoms with Crippen LogP contribution in [0.1, 0.15) is 31.0 Å². The minimum absolute atomic E-state index is 0.152. The minimum Gasteiger partial charge on any atom is -0.353 e. The Hall–Kier alpha value is -2.83. The first kappa shape index (κ1) is 23.3. The Morgan fingerprint density at radius 2 is 1.67 bits per heavy atom. The van der Waals surface area contributed by atoms with Crippen molar-refractivity contribution in [3.63, 3.8) is 0 Å². The maximum Gasteiger partial charge on any atom is 0.321 e. The van der Waals surface area contributed by atoms with Crippen molar-refractivity contribution in [1.82, 2.24) is 14.9 Å². The third-order valence-electron chi connectivity index (χ3n) is 5.76. The summed E-state index contributed by atoms with van der Waals surface area (Å²) in [5, 5.41) is 3.77. The molecule has 2 aromatic carbocycles. The lowest BCUT2D eigenvalue weighted by Gasteiger charge is -2.37. The van der Waals surface area contributed by atoms with Crippen LogP contribution in [0, 0.1) is 6.92 Å². The highest BCUT2D eigenvalue weighted by atomic mass is 35.5. The third kappa shape index (κ3) is 5.23. The van der Waals surface area contributed by atoms with Crippen molar-refractivity contribution in [3.05, 3.63) is 69.8 Å². The Morgan fingerprint density at radius 3 is 2.30 bits per heavy atom. The first-order chi connectivity index (χ1) is 15.8. The molecule has 1 N–H and O–H groups in total. The quantitative estimate of drug-likeness (QED) is 0.477. The summed E-state index contributed by atoms with van der Waals surface area (Å²) in [5.74, 6) is 1.98. The number of nitrogens with zero attached hydrogens (tertiary/aromatic N) is 4. The maximum absolute atomic E-state index is 12.8. The van der Waals surface area contributed by atoms with Crippen LogP contribution in [0.2, 0.25) is 10.0 Å². The fourth-order valence-corrected chi connectivity index (χ4v) is 4.40. The van der Waals surface area contributed by atoms with Crippen LogP contribution < -0.4 is 10.2 Å². The molecule has 0 atom stereocenters. The summed E-state index contributed by atoms with van der Waals surface area (Å²) in [5.41, 5.74) is 3.77. The number of carbonyl (C=O) groups is 1. The van der Waals surface area contributed by atoms with E-state index in [9.17, 15) is 4.79 Å². The van der Waals surface area contributed by atoms with Crippen molar-refractivity contribution in [2.24, 2.45) is 0 Å². The van der Waals surface area contributed by atoms with Crippen LogP contribution in [0.5, 0.6) is 0 Å². The van der Waals surface area contributed by atoms with Crippen molar-refractivity contribution in [2.45, 2.75) is 26.7 Å². The van der Waals surface area contributed by atoms with E-state index >= 15 is 0 Å². The molecule has 0 radical (unpaired) electrons. The van der Waals surface area contributed by atoms with Gasteiger partial charge in [0.1, 0.15) is 5.82 Å². The van der Waals surface area contributed by atoms with Crippen molar-refractivity contribution in [3.8, 4) is 11.4 Å². The number of amides is 2. The Kier molecular flexibility index (Phi) is 7.05. The molecule has 2 amide bonds. The molecule has 1 fully saturated rings. The first-order valence-corrected chi connectivity index (χ1v) is 11.8. The fraction of sp³-hybridized carbons (Fsp3) is 0.320. The molecule has 4 rings (SSSR count). The number of halogens is 2. The number of hydrogen-bond donors (Lipinski definition) is 1. The zero-order chi connectivity index (χ0) is 23.5. The molecule has 8 heteroatoms. The molecule has 1 saturated heterocycles. The summed E-state index contributed by atoms with van der Waals surface area (Å²) in [4.78, 5) is 26.6. The molecule has 1 aromatic heterocycles. The van der Waals surface area contributed by atoms with Crippen molar-refractivity contribution in [2.75, 3.05) is 36.4 Å². The van der Waals surface area contributed by atoms with Gasteiger partial charge in [-0.3, -0.25) is 0 Å². The van der Waals surface area contributed by atoms with Crippen LogP contribution >= 0.6 is 23.2 Å². The molecule has 0 aliphatic carbocycles. The van der Waals surface area contributed by atoms with Gasteiger partial charge in [0.25, 0.3) is 0 Å². The molecule has 2 heterocycles. The number of aromatic nitrogens is 2. The average molecular weight is 484 g/mol. The molecule has 0 unspecified atom stereocenters. The number of benzene rings is 2. The number of piperazine rings is 1. The monoisotopic (exact) mass is 483 g/mol.